The van der Waals surface area contributed by atoms with E-state index in [1.165, 1.54) is 4.90 Å². The molecular formula is C13H19N3O4. The van der Waals surface area contributed by atoms with Crippen molar-refractivity contribution in [3.63, 3.8) is 0 Å². The third-order valence-electron chi connectivity index (χ3n) is 4.63. The standard InChI is InChI=1S/C13H19N3O4/c17-11-8-3-1-5-16(10(8)7-14-11)13(20)15-6-2-4-9(15)12(18)19/h8-10H,1-7H2,(H,14,17)(H,18,19)/t8?,9-,10?/m1/s1. The molecule has 3 rings (SSSR count). The minimum absolute atomic E-state index is 0.0173. The molecule has 7 nitrogen and oxygen atoms in total. The number of fused-ring (bicyclic) bond motifs is 1. The zero-order valence-electron chi connectivity index (χ0n) is 11.2. The van der Waals surface area contributed by atoms with Crippen LogP contribution in [0.2, 0.25) is 0 Å². The Morgan fingerprint density at radius 1 is 1.15 bits per heavy atom. The highest BCUT2D eigenvalue weighted by Gasteiger charge is 2.45. The molecule has 3 aliphatic heterocycles. The Kier molecular flexibility index (Phi) is 3.27. The molecule has 3 amide bonds. The van der Waals surface area contributed by atoms with Crippen molar-refractivity contribution < 1.29 is 19.5 Å². The maximum absolute atomic E-state index is 12.6. The zero-order valence-corrected chi connectivity index (χ0v) is 11.2. The van der Waals surface area contributed by atoms with Crippen LogP contribution < -0.4 is 5.32 Å². The van der Waals surface area contributed by atoms with E-state index in [4.69, 9.17) is 0 Å². The van der Waals surface area contributed by atoms with Crippen LogP contribution in [-0.2, 0) is 9.59 Å². The van der Waals surface area contributed by atoms with Gasteiger partial charge >= 0.3 is 12.0 Å². The summed E-state index contributed by atoms with van der Waals surface area (Å²) in [6, 6.07) is -1.05. The van der Waals surface area contributed by atoms with Gasteiger partial charge in [-0.3, -0.25) is 4.79 Å². The summed E-state index contributed by atoms with van der Waals surface area (Å²) in [7, 11) is 0. The summed E-state index contributed by atoms with van der Waals surface area (Å²) >= 11 is 0. The van der Waals surface area contributed by atoms with Crippen LogP contribution in [0.25, 0.3) is 0 Å². The molecule has 110 valence electrons. The van der Waals surface area contributed by atoms with Crippen molar-refractivity contribution in [3.8, 4) is 0 Å². The number of rotatable bonds is 1. The Labute approximate surface area is 116 Å². The number of hydrogen-bond acceptors (Lipinski definition) is 3. The molecule has 0 aromatic rings. The molecule has 0 radical (unpaired) electrons. The largest absolute Gasteiger partial charge is 0.480 e. The normalized spacial score (nSPS) is 33.0. The summed E-state index contributed by atoms with van der Waals surface area (Å²) < 4.78 is 0. The predicted octanol–water partition coefficient (Wildman–Crippen LogP) is -0.134. The first-order valence-electron chi connectivity index (χ1n) is 7.17. The summed E-state index contributed by atoms with van der Waals surface area (Å²) in [4.78, 5) is 38.7. The smallest absolute Gasteiger partial charge is 0.326 e. The van der Waals surface area contributed by atoms with Gasteiger partial charge < -0.3 is 20.2 Å². The number of amides is 3. The van der Waals surface area contributed by atoms with Crippen molar-refractivity contribution in [2.45, 2.75) is 37.8 Å². The second-order valence-electron chi connectivity index (χ2n) is 5.73. The Balaban J connectivity index is 1.76. The number of carboxylic acids is 1. The van der Waals surface area contributed by atoms with Crippen LogP contribution in [0.1, 0.15) is 25.7 Å². The maximum atomic E-state index is 12.6. The van der Waals surface area contributed by atoms with Gasteiger partial charge in [-0.15, -0.1) is 0 Å². The van der Waals surface area contributed by atoms with E-state index in [9.17, 15) is 19.5 Å². The molecule has 0 spiro atoms. The van der Waals surface area contributed by atoms with Gasteiger partial charge in [0.2, 0.25) is 5.91 Å². The quantitative estimate of drug-likeness (QED) is 0.700. The Morgan fingerprint density at radius 3 is 2.60 bits per heavy atom. The lowest BCUT2D eigenvalue weighted by Crippen LogP contribution is -2.55. The highest BCUT2D eigenvalue weighted by Crippen LogP contribution is 2.30. The molecule has 3 atom stereocenters. The van der Waals surface area contributed by atoms with Gasteiger partial charge in [-0.05, 0) is 25.7 Å². The number of carboxylic acid groups (broad SMARTS) is 1. The molecule has 0 aromatic carbocycles. The number of carbonyl (C=O) groups excluding carboxylic acids is 2. The van der Waals surface area contributed by atoms with Gasteiger partial charge in [-0.1, -0.05) is 0 Å². The van der Waals surface area contributed by atoms with E-state index in [2.05, 4.69) is 5.32 Å². The molecule has 3 fully saturated rings. The fourth-order valence-corrected chi connectivity index (χ4v) is 3.61. The van der Waals surface area contributed by atoms with Gasteiger partial charge in [-0.2, -0.15) is 0 Å². The first-order chi connectivity index (χ1) is 9.59. The third kappa shape index (κ3) is 2.01. The number of nitrogens with one attached hydrogen (secondary N) is 1. The molecule has 3 aliphatic rings. The van der Waals surface area contributed by atoms with Crippen molar-refractivity contribution >= 4 is 17.9 Å². The van der Waals surface area contributed by atoms with Crippen molar-refractivity contribution in [1.82, 2.24) is 15.1 Å². The van der Waals surface area contributed by atoms with Crippen LogP contribution >= 0.6 is 0 Å². The topological polar surface area (TPSA) is 90.0 Å². The molecule has 2 N–H and O–H groups in total. The Bertz CT molecular complexity index is 453. The van der Waals surface area contributed by atoms with Gasteiger partial charge in [0.05, 0.1) is 12.0 Å². The highest BCUT2D eigenvalue weighted by atomic mass is 16.4. The van der Waals surface area contributed by atoms with Crippen LogP contribution in [-0.4, -0.2) is 64.5 Å². The minimum atomic E-state index is -0.940. The Morgan fingerprint density at radius 2 is 1.85 bits per heavy atom. The number of hydrogen-bond donors (Lipinski definition) is 2. The molecule has 0 bridgehead atoms. The van der Waals surface area contributed by atoms with Crippen LogP contribution in [0.3, 0.4) is 0 Å². The number of aliphatic carboxylic acids is 1. The average Bonchev–Trinajstić information content (AvgIpc) is 3.05. The molecule has 20 heavy (non-hydrogen) atoms. The molecular weight excluding hydrogens is 262 g/mol. The summed E-state index contributed by atoms with van der Waals surface area (Å²) in [5.74, 6) is -1.05. The molecule has 3 saturated heterocycles. The van der Waals surface area contributed by atoms with E-state index in [0.717, 1.165) is 19.3 Å². The number of piperidine rings is 1. The molecule has 2 unspecified atom stereocenters. The number of likely N-dealkylation sites (tertiary alicyclic amines) is 2. The van der Waals surface area contributed by atoms with Gasteiger partial charge in [0.1, 0.15) is 6.04 Å². The van der Waals surface area contributed by atoms with Crippen molar-refractivity contribution in [1.29, 1.82) is 0 Å². The van der Waals surface area contributed by atoms with Crippen LogP contribution in [0, 0.1) is 5.92 Å². The first kappa shape index (κ1) is 13.2. The lowest BCUT2D eigenvalue weighted by atomic mass is 9.92. The summed E-state index contributed by atoms with van der Waals surface area (Å²) in [5.41, 5.74) is 0. The van der Waals surface area contributed by atoms with E-state index in [0.29, 0.717) is 26.1 Å². The first-order valence-corrected chi connectivity index (χ1v) is 7.17. The second-order valence-corrected chi connectivity index (χ2v) is 5.73. The number of carbonyl (C=O) groups is 3. The van der Waals surface area contributed by atoms with Crippen LogP contribution in [0.4, 0.5) is 4.79 Å². The lowest BCUT2D eigenvalue weighted by molar-refractivity contribution is -0.141. The highest BCUT2D eigenvalue weighted by molar-refractivity contribution is 5.86. The summed E-state index contributed by atoms with van der Waals surface area (Å²) in [6.07, 6.45) is 2.84. The van der Waals surface area contributed by atoms with Gasteiger partial charge in [-0.25, -0.2) is 9.59 Å². The maximum Gasteiger partial charge on any atom is 0.326 e. The molecule has 0 aromatic heterocycles. The van der Waals surface area contributed by atoms with Crippen molar-refractivity contribution in [3.05, 3.63) is 0 Å². The van der Waals surface area contributed by atoms with Crippen LogP contribution in [0.5, 0.6) is 0 Å². The lowest BCUT2D eigenvalue weighted by Gasteiger charge is -2.39. The van der Waals surface area contributed by atoms with Gasteiger partial charge in [0, 0.05) is 19.6 Å². The molecule has 7 heteroatoms. The average molecular weight is 281 g/mol. The number of nitrogens with zero attached hydrogens (tertiary/aromatic N) is 2. The number of urea groups is 1. The van der Waals surface area contributed by atoms with Crippen LogP contribution in [0.15, 0.2) is 0 Å². The summed E-state index contributed by atoms with van der Waals surface area (Å²) in [6.45, 7) is 1.59. The van der Waals surface area contributed by atoms with E-state index >= 15 is 0 Å². The minimum Gasteiger partial charge on any atom is -0.480 e. The van der Waals surface area contributed by atoms with E-state index in [1.54, 1.807) is 4.90 Å². The SMILES string of the molecule is O=C1NCC2C1CCCN2C(=O)N1CCC[C@@H]1C(=O)O. The fourth-order valence-electron chi connectivity index (χ4n) is 3.61. The van der Waals surface area contributed by atoms with E-state index < -0.39 is 12.0 Å². The third-order valence-corrected chi connectivity index (χ3v) is 4.63. The van der Waals surface area contributed by atoms with Gasteiger partial charge in [0.25, 0.3) is 0 Å². The molecule has 3 heterocycles. The Hall–Kier alpha value is -1.79. The molecule has 0 aliphatic carbocycles. The van der Waals surface area contributed by atoms with Crippen molar-refractivity contribution in [2.24, 2.45) is 5.92 Å². The van der Waals surface area contributed by atoms with Gasteiger partial charge in [0.15, 0.2) is 0 Å². The summed E-state index contributed by atoms with van der Waals surface area (Å²) in [5, 5.41) is 12.0. The monoisotopic (exact) mass is 281 g/mol. The van der Waals surface area contributed by atoms with E-state index in [1.807, 2.05) is 0 Å². The van der Waals surface area contributed by atoms with E-state index in [-0.39, 0.29) is 23.9 Å². The van der Waals surface area contributed by atoms with Crippen molar-refractivity contribution in [2.75, 3.05) is 19.6 Å². The second kappa shape index (κ2) is 4.96. The predicted molar refractivity (Wildman–Crippen MR) is 69.0 cm³/mol. The molecule has 0 saturated carbocycles. The fraction of sp³-hybridized carbons (Fsp3) is 0.769. The zero-order chi connectivity index (χ0) is 14.3.